The Balaban J connectivity index is 1.56. The van der Waals surface area contributed by atoms with E-state index in [1.165, 1.54) is 0 Å². The highest BCUT2D eigenvalue weighted by Gasteiger charge is 2.14. The molecule has 0 fully saturated rings. The lowest BCUT2D eigenvalue weighted by Crippen LogP contribution is -2.17. The van der Waals surface area contributed by atoms with Gasteiger partial charge in [0.05, 0.1) is 43.3 Å². The van der Waals surface area contributed by atoms with Crippen LogP contribution in [0.2, 0.25) is 0 Å². The van der Waals surface area contributed by atoms with Gasteiger partial charge in [-0.3, -0.25) is 9.67 Å². The van der Waals surface area contributed by atoms with Crippen LogP contribution in [0.15, 0.2) is 79.5 Å². The van der Waals surface area contributed by atoms with Crippen LogP contribution in [0.3, 0.4) is 0 Å². The highest BCUT2D eigenvalue weighted by atomic mass is 16.5. The summed E-state index contributed by atoms with van der Waals surface area (Å²) >= 11 is 0. The van der Waals surface area contributed by atoms with E-state index in [1.54, 1.807) is 49.8 Å². The van der Waals surface area contributed by atoms with Gasteiger partial charge in [0.15, 0.2) is 5.82 Å². The van der Waals surface area contributed by atoms with Gasteiger partial charge in [-0.25, -0.2) is 15.0 Å². The molecule has 0 unspecified atom stereocenters. The van der Waals surface area contributed by atoms with Crippen molar-refractivity contribution in [2.75, 3.05) is 25.7 Å². The van der Waals surface area contributed by atoms with Crippen LogP contribution in [-0.4, -0.2) is 50.5 Å². The van der Waals surface area contributed by atoms with Crippen LogP contribution in [0.4, 0.5) is 11.4 Å². The molecular weight excluding hydrogens is 454 g/mol. The first-order chi connectivity index (χ1) is 17.6. The van der Waals surface area contributed by atoms with E-state index in [2.05, 4.69) is 25.0 Å². The van der Waals surface area contributed by atoms with Gasteiger partial charge in [-0.2, -0.15) is 5.10 Å². The molecular formula is C27H25N7O2. The number of methoxy groups -OCH3 is 2. The minimum atomic E-state index is 0.551. The van der Waals surface area contributed by atoms with Crippen molar-refractivity contribution in [1.29, 1.82) is 0 Å². The maximum atomic E-state index is 5.52. The largest absolute Gasteiger partial charge is 0.497 e. The Morgan fingerprint density at radius 1 is 0.889 bits per heavy atom. The predicted molar refractivity (Wildman–Crippen MR) is 139 cm³/mol. The highest BCUT2D eigenvalue weighted by molar-refractivity contribution is 5.83. The van der Waals surface area contributed by atoms with E-state index in [9.17, 15) is 0 Å². The van der Waals surface area contributed by atoms with Crippen LogP contribution in [-0.2, 0) is 7.05 Å². The van der Waals surface area contributed by atoms with Crippen molar-refractivity contribution in [3.63, 3.8) is 0 Å². The third kappa shape index (κ3) is 5.00. The van der Waals surface area contributed by atoms with E-state index in [4.69, 9.17) is 14.5 Å². The highest BCUT2D eigenvalue weighted by Crippen LogP contribution is 2.34. The maximum absolute atomic E-state index is 5.52. The molecule has 5 rings (SSSR count). The quantitative estimate of drug-likeness (QED) is 0.317. The van der Waals surface area contributed by atoms with Gasteiger partial charge < -0.3 is 14.4 Å². The second-order valence-corrected chi connectivity index (χ2v) is 8.02. The Labute approximate surface area is 208 Å². The second kappa shape index (κ2) is 10.2. The number of rotatable bonds is 8. The summed E-state index contributed by atoms with van der Waals surface area (Å²) in [6.07, 6.45) is 12.8. The number of aromatic nitrogens is 6. The number of benzene rings is 2. The molecule has 0 atom stereocenters. The van der Waals surface area contributed by atoms with Crippen LogP contribution >= 0.6 is 0 Å². The molecule has 0 radical (unpaired) electrons. The summed E-state index contributed by atoms with van der Waals surface area (Å²) in [6.45, 7) is 0.551. The normalized spacial score (nSPS) is 11.2. The minimum Gasteiger partial charge on any atom is -0.497 e. The molecule has 0 saturated heterocycles. The first kappa shape index (κ1) is 23.0. The Bertz CT molecular complexity index is 1490. The molecule has 0 aliphatic rings. The summed E-state index contributed by atoms with van der Waals surface area (Å²) < 4.78 is 12.8. The van der Waals surface area contributed by atoms with Crippen molar-refractivity contribution in [3.05, 3.63) is 85.3 Å². The lowest BCUT2D eigenvalue weighted by Gasteiger charge is -2.25. The summed E-state index contributed by atoms with van der Waals surface area (Å²) in [4.78, 5) is 20.2. The smallest absolute Gasteiger partial charge is 0.151 e. The SMILES string of the molecule is COc1cc(OC)cc(N(C/C=C\c2ncccn2)c2ccc3ncc(-c4cnn(C)c4)nc3c2)c1. The lowest BCUT2D eigenvalue weighted by molar-refractivity contribution is 0.394. The number of ether oxygens (including phenoxy) is 2. The zero-order valence-corrected chi connectivity index (χ0v) is 20.2. The van der Waals surface area contributed by atoms with E-state index in [-0.39, 0.29) is 0 Å². The van der Waals surface area contributed by atoms with Crippen LogP contribution in [0.25, 0.3) is 28.4 Å². The van der Waals surface area contributed by atoms with Gasteiger partial charge in [-0.05, 0) is 30.3 Å². The molecule has 9 heteroatoms. The Hall–Kier alpha value is -4.79. The monoisotopic (exact) mass is 479 g/mol. The summed E-state index contributed by atoms with van der Waals surface area (Å²) in [5, 5.41) is 4.25. The molecule has 0 aliphatic carbocycles. The Morgan fingerprint density at radius 2 is 1.67 bits per heavy atom. The lowest BCUT2D eigenvalue weighted by atomic mass is 10.2. The molecule has 0 spiro atoms. The number of anilines is 2. The molecule has 0 bridgehead atoms. The van der Waals surface area contributed by atoms with Crippen molar-refractivity contribution in [1.82, 2.24) is 29.7 Å². The molecule has 9 nitrogen and oxygen atoms in total. The van der Waals surface area contributed by atoms with Gasteiger partial charge in [0.25, 0.3) is 0 Å². The minimum absolute atomic E-state index is 0.551. The second-order valence-electron chi connectivity index (χ2n) is 8.02. The zero-order chi connectivity index (χ0) is 24.9. The fourth-order valence-corrected chi connectivity index (χ4v) is 3.83. The molecule has 0 saturated carbocycles. The molecule has 180 valence electrons. The fraction of sp³-hybridized carbons (Fsp3) is 0.148. The summed E-state index contributed by atoms with van der Waals surface area (Å²) in [6, 6.07) is 13.6. The third-order valence-electron chi connectivity index (χ3n) is 5.63. The van der Waals surface area contributed by atoms with Crippen LogP contribution < -0.4 is 14.4 Å². The van der Waals surface area contributed by atoms with Crippen LogP contribution in [0.5, 0.6) is 11.5 Å². The Morgan fingerprint density at radius 3 is 2.36 bits per heavy atom. The standard InChI is InChI=1S/C27H25N7O2/c1-33-18-19(16-31-33)26-17-30-24-8-7-20(14-25(24)32-26)34(11-4-6-27-28-9-5-10-29-27)21-12-22(35-2)15-23(13-21)36-3/h4-10,12-18H,11H2,1-3H3/b6-4-. The first-order valence-electron chi connectivity index (χ1n) is 11.3. The summed E-state index contributed by atoms with van der Waals surface area (Å²) in [7, 11) is 5.16. The molecule has 0 N–H and O–H groups in total. The van der Waals surface area contributed by atoms with E-state index in [0.717, 1.165) is 33.7 Å². The molecule has 36 heavy (non-hydrogen) atoms. The average molecular weight is 480 g/mol. The van der Waals surface area contributed by atoms with Gasteiger partial charge >= 0.3 is 0 Å². The van der Waals surface area contributed by atoms with Gasteiger partial charge in [0, 0.05) is 67.3 Å². The topological polar surface area (TPSA) is 91.1 Å². The van der Waals surface area contributed by atoms with E-state index in [1.807, 2.05) is 61.8 Å². The molecule has 0 amide bonds. The summed E-state index contributed by atoms with van der Waals surface area (Å²) in [5.41, 5.74) is 5.11. The maximum Gasteiger partial charge on any atom is 0.151 e. The van der Waals surface area contributed by atoms with E-state index >= 15 is 0 Å². The van der Waals surface area contributed by atoms with Crippen molar-refractivity contribution < 1.29 is 9.47 Å². The molecule has 2 aromatic carbocycles. The molecule has 0 aliphatic heterocycles. The molecule has 3 heterocycles. The van der Waals surface area contributed by atoms with Crippen LogP contribution in [0, 0.1) is 0 Å². The molecule has 3 aromatic heterocycles. The van der Waals surface area contributed by atoms with Gasteiger partial charge in [-0.15, -0.1) is 0 Å². The van der Waals surface area contributed by atoms with Crippen molar-refractivity contribution >= 4 is 28.5 Å². The number of hydrogen-bond donors (Lipinski definition) is 0. The summed E-state index contributed by atoms with van der Waals surface area (Å²) in [5.74, 6) is 2.04. The number of aryl methyl sites for hydroxylation is 1. The number of fused-ring (bicyclic) bond motifs is 1. The van der Waals surface area contributed by atoms with E-state index < -0.39 is 0 Å². The number of nitrogens with zero attached hydrogens (tertiary/aromatic N) is 7. The van der Waals surface area contributed by atoms with Gasteiger partial charge in [0.1, 0.15) is 11.5 Å². The molecule has 5 aromatic rings. The van der Waals surface area contributed by atoms with Gasteiger partial charge in [-0.1, -0.05) is 6.08 Å². The average Bonchev–Trinajstić information content (AvgIpc) is 3.37. The van der Waals surface area contributed by atoms with Crippen LogP contribution in [0.1, 0.15) is 5.82 Å². The zero-order valence-electron chi connectivity index (χ0n) is 20.2. The fourth-order valence-electron chi connectivity index (χ4n) is 3.83. The Kier molecular flexibility index (Phi) is 6.53. The third-order valence-corrected chi connectivity index (χ3v) is 5.63. The van der Waals surface area contributed by atoms with Crippen molar-refractivity contribution in [3.8, 4) is 22.8 Å². The first-order valence-corrected chi connectivity index (χ1v) is 11.3. The van der Waals surface area contributed by atoms with Gasteiger partial charge in [0.2, 0.25) is 0 Å². The number of hydrogen-bond acceptors (Lipinski definition) is 8. The van der Waals surface area contributed by atoms with E-state index in [0.29, 0.717) is 23.9 Å². The predicted octanol–water partition coefficient (Wildman–Crippen LogP) is 4.69. The van der Waals surface area contributed by atoms with Crippen molar-refractivity contribution in [2.24, 2.45) is 7.05 Å². The van der Waals surface area contributed by atoms with Crippen molar-refractivity contribution in [2.45, 2.75) is 0 Å².